The van der Waals surface area contributed by atoms with Crippen molar-refractivity contribution in [1.29, 1.82) is 0 Å². The molecule has 106 valence electrons. The standard InChI is InChI=1S/C13H15N3O3S/c1-9(7-12(17)18-2)20-8-11-15-13(16-19-11)10-5-3-4-6-14-10/h3-6,9H,7-8H2,1-2H3. The molecule has 0 radical (unpaired) electrons. The molecule has 0 aliphatic heterocycles. The molecule has 0 amide bonds. The van der Waals surface area contributed by atoms with E-state index < -0.39 is 0 Å². The summed E-state index contributed by atoms with van der Waals surface area (Å²) in [5.74, 6) is 1.33. The largest absolute Gasteiger partial charge is 0.469 e. The number of hydrogen-bond donors (Lipinski definition) is 0. The van der Waals surface area contributed by atoms with Crippen molar-refractivity contribution in [3.05, 3.63) is 30.3 Å². The van der Waals surface area contributed by atoms with Gasteiger partial charge in [0.05, 0.1) is 19.3 Å². The van der Waals surface area contributed by atoms with E-state index in [1.54, 1.807) is 18.0 Å². The monoisotopic (exact) mass is 293 g/mol. The molecule has 2 heterocycles. The Kier molecular flexibility index (Phi) is 5.11. The molecule has 0 aromatic carbocycles. The third-order valence-electron chi connectivity index (χ3n) is 2.54. The summed E-state index contributed by atoms with van der Waals surface area (Å²) in [5, 5.41) is 4.02. The Morgan fingerprint density at radius 2 is 2.35 bits per heavy atom. The van der Waals surface area contributed by atoms with E-state index in [9.17, 15) is 4.79 Å². The van der Waals surface area contributed by atoms with E-state index >= 15 is 0 Å². The highest BCUT2D eigenvalue weighted by Crippen LogP contribution is 2.21. The quantitative estimate of drug-likeness (QED) is 0.756. The van der Waals surface area contributed by atoms with Gasteiger partial charge in [-0.1, -0.05) is 18.1 Å². The molecule has 0 fully saturated rings. The van der Waals surface area contributed by atoms with Crippen LogP contribution in [0.3, 0.4) is 0 Å². The van der Waals surface area contributed by atoms with Crippen molar-refractivity contribution >= 4 is 17.7 Å². The van der Waals surface area contributed by atoms with E-state index in [2.05, 4.69) is 19.9 Å². The lowest BCUT2D eigenvalue weighted by molar-refractivity contribution is -0.140. The van der Waals surface area contributed by atoms with Gasteiger partial charge in [0, 0.05) is 11.4 Å². The maximum atomic E-state index is 11.1. The summed E-state index contributed by atoms with van der Waals surface area (Å²) < 4.78 is 9.79. The van der Waals surface area contributed by atoms with Crippen LogP contribution in [0.5, 0.6) is 0 Å². The molecule has 0 aliphatic rings. The van der Waals surface area contributed by atoms with Gasteiger partial charge in [0.25, 0.3) is 0 Å². The van der Waals surface area contributed by atoms with Gasteiger partial charge in [0.1, 0.15) is 5.69 Å². The normalized spacial score (nSPS) is 12.1. The minimum Gasteiger partial charge on any atom is -0.469 e. The first-order chi connectivity index (χ1) is 9.69. The number of esters is 1. The molecule has 7 heteroatoms. The second kappa shape index (κ2) is 7.04. The van der Waals surface area contributed by atoms with E-state index in [-0.39, 0.29) is 11.2 Å². The van der Waals surface area contributed by atoms with Gasteiger partial charge in [-0.3, -0.25) is 9.78 Å². The Hall–Kier alpha value is -1.89. The fourth-order valence-corrected chi connectivity index (χ4v) is 2.30. The Morgan fingerprint density at radius 1 is 1.50 bits per heavy atom. The lowest BCUT2D eigenvalue weighted by atomic mass is 10.3. The van der Waals surface area contributed by atoms with Gasteiger partial charge in [0.15, 0.2) is 0 Å². The Morgan fingerprint density at radius 3 is 3.05 bits per heavy atom. The maximum Gasteiger partial charge on any atom is 0.306 e. The highest BCUT2D eigenvalue weighted by atomic mass is 32.2. The maximum absolute atomic E-state index is 11.1. The molecule has 1 atom stereocenters. The number of carbonyl (C=O) groups excluding carboxylic acids is 1. The number of carbonyl (C=O) groups is 1. The molecule has 20 heavy (non-hydrogen) atoms. The summed E-state index contributed by atoms with van der Waals surface area (Å²) in [4.78, 5) is 19.6. The van der Waals surface area contributed by atoms with Crippen LogP contribution in [-0.4, -0.2) is 33.5 Å². The molecule has 0 spiro atoms. The Bertz CT molecular complexity index is 559. The van der Waals surface area contributed by atoms with Crippen LogP contribution in [0.1, 0.15) is 19.2 Å². The molecule has 6 nitrogen and oxygen atoms in total. The molecule has 0 saturated heterocycles. The van der Waals surface area contributed by atoms with Crippen LogP contribution in [0.15, 0.2) is 28.9 Å². The van der Waals surface area contributed by atoms with E-state index in [1.807, 2.05) is 25.1 Å². The molecule has 0 N–H and O–H groups in total. The van der Waals surface area contributed by atoms with Gasteiger partial charge in [-0.05, 0) is 12.1 Å². The van der Waals surface area contributed by atoms with Gasteiger partial charge < -0.3 is 9.26 Å². The van der Waals surface area contributed by atoms with Crippen LogP contribution in [0.4, 0.5) is 0 Å². The fraction of sp³-hybridized carbons (Fsp3) is 0.385. The molecule has 0 saturated carbocycles. The highest BCUT2D eigenvalue weighted by Gasteiger charge is 2.13. The first kappa shape index (κ1) is 14.5. The first-order valence-corrected chi connectivity index (χ1v) is 7.16. The molecule has 0 bridgehead atoms. The summed E-state index contributed by atoms with van der Waals surface area (Å²) >= 11 is 1.56. The average Bonchev–Trinajstić information content (AvgIpc) is 2.95. The molecular weight excluding hydrogens is 278 g/mol. The van der Waals surface area contributed by atoms with Gasteiger partial charge >= 0.3 is 5.97 Å². The zero-order valence-electron chi connectivity index (χ0n) is 11.3. The van der Waals surface area contributed by atoms with E-state index in [4.69, 9.17) is 4.52 Å². The van der Waals surface area contributed by atoms with Crippen molar-refractivity contribution < 1.29 is 14.1 Å². The molecule has 1 unspecified atom stereocenters. The van der Waals surface area contributed by atoms with Crippen molar-refractivity contribution in [2.45, 2.75) is 24.3 Å². The van der Waals surface area contributed by atoms with Crippen LogP contribution >= 0.6 is 11.8 Å². The van der Waals surface area contributed by atoms with Gasteiger partial charge in [-0.15, -0.1) is 11.8 Å². The van der Waals surface area contributed by atoms with Crippen LogP contribution in [0.25, 0.3) is 11.5 Å². The van der Waals surface area contributed by atoms with Crippen LogP contribution < -0.4 is 0 Å². The minimum atomic E-state index is -0.218. The smallest absolute Gasteiger partial charge is 0.306 e. The van der Waals surface area contributed by atoms with Crippen LogP contribution in [0, 0.1) is 0 Å². The number of rotatable bonds is 6. The number of nitrogens with zero attached hydrogens (tertiary/aromatic N) is 3. The molecular formula is C13H15N3O3S. The fourth-order valence-electron chi connectivity index (χ4n) is 1.50. The summed E-state index contributed by atoms with van der Waals surface area (Å²) in [6, 6.07) is 5.52. The number of aromatic nitrogens is 3. The average molecular weight is 293 g/mol. The lowest BCUT2D eigenvalue weighted by Gasteiger charge is -2.07. The molecule has 0 aliphatic carbocycles. The number of pyridine rings is 1. The number of methoxy groups -OCH3 is 1. The van der Waals surface area contributed by atoms with Gasteiger partial charge in [-0.2, -0.15) is 4.98 Å². The number of ether oxygens (including phenoxy) is 1. The molecule has 2 rings (SSSR count). The second-order valence-electron chi connectivity index (χ2n) is 4.13. The van der Waals surface area contributed by atoms with Crippen molar-refractivity contribution in [3.8, 4) is 11.5 Å². The summed E-state index contributed by atoms with van der Waals surface area (Å²) in [5.41, 5.74) is 0.676. The summed E-state index contributed by atoms with van der Waals surface area (Å²) in [6.45, 7) is 1.96. The zero-order chi connectivity index (χ0) is 14.4. The summed E-state index contributed by atoms with van der Waals surface area (Å²) in [6.07, 6.45) is 2.04. The Balaban J connectivity index is 1.89. The van der Waals surface area contributed by atoms with Crippen molar-refractivity contribution in [2.75, 3.05) is 7.11 Å². The van der Waals surface area contributed by atoms with E-state index in [1.165, 1.54) is 7.11 Å². The number of hydrogen-bond acceptors (Lipinski definition) is 7. The van der Waals surface area contributed by atoms with Crippen LogP contribution in [-0.2, 0) is 15.3 Å². The van der Waals surface area contributed by atoms with Gasteiger partial charge in [-0.25, -0.2) is 0 Å². The third-order valence-corrected chi connectivity index (χ3v) is 3.68. The van der Waals surface area contributed by atoms with E-state index in [0.717, 1.165) is 0 Å². The SMILES string of the molecule is COC(=O)CC(C)SCc1nc(-c2ccccn2)no1. The van der Waals surface area contributed by atoms with E-state index in [0.29, 0.717) is 29.6 Å². The third kappa shape index (κ3) is 4.06. The van der Waals surface area contributed by atoms with Crippen LogP contribution in [0.2, 0.25) is 0 Å². The Labute approximate surface area is 120 Å². The van der Waals surface area contributed by atoms with Crippen molar-refractivity contribution in [3.63, 3.8) is 0 Å². The predicted molar refractivity (Wildman–Crippen MR) is 74.9 cm³/mol. The molecule has 2 aromatic heterocycles. The minimum absolute atomic E-state index is 0.132. The number of thioether (sulfide) groups is 1. The van der Waals surface area contributed by atoms with Gasteiger partial charge in [0.2, 0.25) is 11.7 Å². The predicted octanol–water partition coefficient (Wildman–Crippen LogP) is 2.32. The lowest BCUT2D eigenvalue weighted by Crippen LogP contribution is -2.08. The molecule has 2 aromatic rings. The topological polar surface area (TPSA) is 78.1 Å². The van der Waals surface area contributed by atoms with Crippen molar-refractivity contribution in [2.24, 2.45) is 0 Å². The first-order valence-electron chi connectivity index (χ1n) is 6.11. The summed E-state index contributed by atoms with van der Waals surface area (Å²) in [7, 11) is 1.39. The second-order valence-corrected chi connectivity index (χ2v) is 5.56. The zero-order valence-corrected chi connectivity index (χ0v) is 12.1. The highest BCUT2D eigenvalue weighted by molar-refractivity contribution is 7.99. The van der Waals surface area contributed by atoms with Crippen molar-refractivity contribution in [1.82, 2.24) is 15.1 Å².